The Hall–Kier alpha value is -2.24. The lowest BCUT2D eigenvalue weighted by atomic mass is 10.3. The summed E-state index contributed by atoms with van der Waals surface area (Å²) in [4.78, 5) is 0. The number of aromatic nitrogens is 3. The van der Waals surface area contributed by atoms with E-state index in [1.54, 1.807) is 0 Å². The minimum Gasteiger partial charge on any atom is -0.454 e. The van der Waals surface area contributed by atoms with Gasteiger partial charge in [0.2, 0.25) is 6.79 Å². The lowest BCUT2D eigenvalue weighted by Gasteiger charge is -2.07. The van der Waals surface area contributed by atoms with Crippen molar-refractivity contribution in [2.45, 2.75) is 13.5 Å². The Morgan fingerprint density at radius 1 is 1.28 bits per heavy atom. The zero-order valence-electron chi connectivity index (χ0n) is 10.3. The summed E-state index contributed by atoms with van der Waals surface area (Å²) in [6.07, 6.45) is 0. The van der Waals surface area contributed by atoms with Crippen LogP contribution in [0.5, 0.6) is 11.5 Å². The highest BCUT2D eigenvalue weighted by Crippen LogP contribution is 2.34. The van der Waals surface area contributed by atoms with Crippen LogP contribution in [0.4, 0.5) is 5.69 Å². The van der Waals surface area contributed by atoms with Gasteiger partial charge in [-0.2, -0.15) is 0 Å². The number of nitrogens with zero attached hydrogens (tertiary/aromatic N) is 3. The van der Waals surface area contributed by atoms with E-state index in [-0.39, 0.29) is 0 Å². The third kappa shape index (κ3) is 1.85. The van der Waals surface area contributed by atoms with Crippen LogP contribution >= 0.6 is 0 Å². The minimum absolute atomic E-state index is 0.293. The molecule has 1 aliphatic heterocycles. The molecule has 0 saturated carbocycles. The molecule has 1 N–H and O–H groups in total. The van der Waals surface area contributed by atoms with E-state index in [1.165, 1.54) is 0 Å². The second kappa shape index (κ2) is 4.21. The molecule has 2 aromatic rings. The molecule has 94 valence electrons. The van der Waals surface area contributed by atoms with Crippen LogP contribution in [-0.2, 0) is 13.6 Å². The summed E-state index contributed by atoms with van der Waals surface area (Å²) in [5.74, 6) is 3.35. The maximum atomic E-state index is 5.32. The number of aryl methyl sites for hydroxylation is 1. The van der Waals surface area contributed by atoms with Gasteiger partial charge in [0.05, 0.1) is 6.54 Å². The second-order valence-corrected chi connectivity index (χ2v) is 4.14. The first-order valence-corrected chi connectivity index (χ1v) is 5.72. The summed E-state index contributed by atoms with van der Waals surface area (Å²) in [7, 11) is 1.95. The molecule has 1 aliphatic rings. The van der Waals surface area contributed by atoms with Crippen LogP contribution in [0.3, 0.4) is 0 Å². The van der Waals surface area contributed by atoms with Crippen molar-refractivity contribution in [3.63, 3.8) is 0 Å². The molecule has 6 nitrogen and oxygen atoms in total. The summed E-state index contributed by atoms with van der Waals surface area (Å²) in [5.41, 5.74) is 0.972. The lowest BCUT2D eigenvalue weighted by molar-refractivity contribution is 0.174. The zero-order valence-corrected chi connectivity index (χ0v) is 10.3. The average Bonchev–Trinajstić information content (AvgIpc) is 2.96. The fourth-order valence-electron chi connectivity index (χ4n) is 1.79. The molecule has 0 bridgehead atoms. The van der Waals surface area contributed by atoms with E-state index in [0.29, 0.717) is 13.3 Å². The molecule has 18 heavy (non-hydrogen) atoms. The Labute approximate surface area is 105 Å². The number of hydrogen-bond acceptors (Lipinski definition) is 5. The van der Waals surface area contributed by atoms with Gasteiger partial charge in [0.15, 0.2) is 17.3 Å². The summed E-state index contributed by atoms with van der Waals surface area (Å²) >= 11 is 0. The number of rotatable bonds is 3. The van der Waals surface area contributed by atoms with Crippen molar-refractivity contribution in [3.8, 4) is 11.5 Å². The minimum atomic E-state index is 0.293. The number of benzene rings is 1. The van der Waals surface area contributed by atoms with Crippen LogP contribution in [0.1, 0.15) is 11.6 Å². The Morgan fingerprint density at radius 3 is 2.89 bits per heavy atom. The Morgan fingerprint density at radius 2 is 2.11 bits per heavy atom. The summed E-state index contributed by atoms with van der Waals surface area (Å²) < 4.78 is 12.5. The van der Waals surface area contributed by atoms with Gasteiger partial charge in [-0.1, -0.05) is 0 Å². The standard InChI is InChI=1S/C12H14N4O2/c1-8-14-15-12(16(8)2)6-13-9-3-4-10-11(5-9)18-7-17-10/h3-5,13H,6-7H2,1-2H3. The quantitative estimate of drug-likeness (QED) is 0.888. The highest BCUT2D eigenvalue weighted by atomic mass is 16.7. The van der Waals surface area contributed by atoms with E-state index < -0.39 is 0 Å². The van der Waals surface area contributed by atoms with E-state index in [0.717, 1.165) is 28.8 Å². The molecule has 3 rings (SSSR count). The van der Waals surface area contributed by atoms with E-state index >= 15 is 0 Å². The zero-order chi connectivity index (χ0) is 12.5. The molecule has 6 heteroatoms. The van der Waals surface area contributed by atoms with Crippen LogP contribution in [-0.4, -0.2) is 21.6 Å². The van der Waals surface area contributed by atoms with E-state index in [9.17, 15) is 0 Å². The smallest absolute Gasteiger partial charge is 0.231 e. The van der Waals surface area contributed by atoms with Crippen LogP contribution in [0.25, 0.3) is 0 Å². The Bertz CT molecular complexity index is 579. The molecule has 0 spiro atoms. The number of anilines is 1. The van der Waals surface area contributed by atoms with Crippen molar-refractivity contribution in [2.24, 2.45) is 7.05 Å². The summed E-state index contributed by atoms with van der Waals surface area (Å²) in [6, 6.07) is 5.77. The first-order chi connectivity index (χ1) is 8.74. The molecule has 0 atom stereocenters. The largest absolute Gasteiger partial charge is 0.454 e. The molecule has 0 radical (unpaired) electrons. The third-order valence-corrected chi connectivity index (χ3v) is 3.01. The topological polar surface area (TPSA) is 61.2 Å². The molecule has 0 aliphatic carbocycles. The number of ether oxygens (including phenoxy) is 2. The van der Waals surface area contributed by atoms with Crippen molar-refractivity contribution < 1.29 is 9.47 Å². The van der Waals surface area contributed by atoms with Gasteiger partial charge in [-0.15, -0.1) is 10.2 Å². The highest BCUT2D eigenvalue weighted by Gasteiger charge is 2.13. The summed E-state index contributed by atoms with van der Waals surface area (Å²) in [6.45, 7) is 2.84. The predicted octanol–water partition coefficient (Wildman–Crippen LogP) is 1.46. The molecular weight excluding hydrogens is 232 g/mol. The van der Waals surface area contributed by atoms with Gasteiger partial charge in [0.1, 0.15) is 5.82 Å². The molecule has 0 fully saturated rings. The first-order valence-electron chi connectivity index (χ1n) is 5.72. The van der Waals surface area contributed by atoms with Crippen molar-refractivity contribution >= 4 is 5.69 Å². The van der Waals surface area contributed by atoms with Crippen LogP contribution in [0.2, 0.25) is 0 Å². The van der Waals surface area contributed by atoms with Crippen molar-refractivity contribution in [1.82, 2.24) is 14.8 Å². The molecule has 2 heterocycles. The Kier molecular flexibility index (Phi) is 2.55. The number of hydrogen-bond donors (Lipinski definition) is 1. The summed E-state index contributed by atoms with van der Waals surface area (Å²) in [5, 5.41) is 11.4. The fourth-order valence-corrected chi connectivity index (χ4v) is 1.79. The molecule has 0 saturated heterocycles. The van der Waals surface area contributed by atoms with Crippen molar-refractivity contribution in [2.75, 3.05) is 12.1 Å². The average molecular weight is 246 g/mol. The Balaban J connectivity index is 1.72. The van der Waals surface area contributed by atoms with Crippen molar-refractivity contribution in [1.29, 1.82) is 0 Å². The highest BCUT2D eigenvalue weighted by molar-refractivity contribution is 5.55. The van der Waals surface area contributed by atoms with Gasteiger partial charge in [-0.05, 0) is 19.1 Å². The normalized spacial score (nSPS) is 12.8. The third-order valence-electron chi connectivity index (χ3n) is 3.01. The molecular formula is C12H14N4O2. The SMILES string of the molecule is Cc1nnc(CNc2ccc3c(c2)OCO3)n1C. The molecule has 0 amide bonds. The van der Waals surface area contributed by atoms with Crippen LogP contribution < -0.4 is 14.8 Å². The number of fused-ring (bicyclic) bond motifs is 1. The van der Waals surface area contributed by atoms with E-state index in [1.807, 2.05) is 36.7 Å². The monoisotopic (exact) mass is 246 g/mol. The number of nitrogens with one attached hydrogen (secondary N) is 1. The van der Waals surface area contributed by atoms with Gasteiger partial charge < -0.3 is 19.4 Å². The fraction of sp³-hybridized carbons (Fsp3) is 0.333. The van der Waals surface area contributed by atoms with Gasteiger partial charge in [-0.3, -0.25) is 0 Å². The van der Waals surface area contributed by atoms with Gasteiger partial charge >= 0.3 is 0 Å². The molecule has 1 aromatic heterocycles. The maximum absolute atomic E-state index is 5.32. The van der Waals surface area contributed by atoms with Crippen molar-refractivity contribution in [3.05, 3.63) is 29.8 Å². The lowest BCUT2D eigenvalue weighted by Crippen LogP contribution is -2.06. The first kappa shape index (κ1) is 10.9. The van der Waals surface area contributed by atoms with Crippen LogP contribution in [0, 0.1) is 6.92 Å². The van der Waals surface area contributed by atoms with Crippen LogP contribution in [0.15, 0.2) is 18.2 Å². The molecule has 0 unspecified atom stereocenters. The van der Waals surface area contributed by atoms with Gasteiger partial charge in [0, 0.05) is 18.8 Å². The predicted molar refractivity (Wildman–Crippen MR) is 65.6 cm³/mol. The maximum Gasteiger partial charge on any atom is 0.231 e. The second-order valence-electron chi connectivity index (χ2n) is 4.14. The van der Waals surface area contributed by atoms with Gasteiger partial charge in [0.25, 0.3) is 0 Å². The molecule has 1 aromatic carbocycles. The van der Waals surface area contributed by atoms with E-state index in [2.05, 4.69) is 15.5 Å². The van der Waals surface area contributed by atoms with Gasteiger partial charge in [-0.25, -0.2) is 0 Å². The van der Waals surface area contributed by atoms with E-state index in [4.69, 9.17) is 9.47 Å².